The molecule has 1 aromatic heterocycles. The third kappa shape index (κ3) is 5.32. The Labute approximate surface area is 240 Å². The number of alkyl halides is 3. The molecule has 0 saturated heterocycles. The standard InChI is InChI=1S/C33H32F3N3OSi/c1-31(2,3)41(26-11-6-4-7-12-26,27-13-8-5-9-14-27)40-22-24-19-25(33(34,35)36)15-16-28(24)29-20-39-30(21-38-29)32(23-37)17-10-18-32/h4-9,11-16,19-21H,10,17-18,22H2,1-3H3. The Balaban J connectivity index is 1.60. The Hall–Kier alpha value is -3.80. The highest BCUT2D eigenvalue weighted by Gasteiger charge is 2.50. The Bertz CT molecular complexity index is 1500. The quantitative estimate of drug-likeness (QED) is 0.221. The lowest BCUT2D eigenvalue weighted by atomic mass is 9.68. The van der Waals surface area contributed by atoms with E-state index in [1.807, 2.05) is 60.7 Å². The van der Waals surface area contributed by atoms with E-state index in [4.69, 9.17) is 4.43 Å². The summed E-state index contributed by atoms with van der Waals surface area (Å²) in [6.07, 6.45) is 1.05. The molecule has 0 aliphatic heterocycles. The Morgan fingerprint density at radius 1 is 0.878 bits per heavy atom. The molecule has 0 radical (unpaired) electrons. The zero-order valence-electron chi connectivity index (χ0n) is 23.4. The van der Waals surface area contributed by atoms with E-state index in [0.717, 1.165) is 41.8 Å². The van der Waals surface area contributed by atoms with E-state index in [9.17, 15) is 18.4 Å². The molecule has 1 heterocycles. The fourth-order valence-electron chi connectivity index (χ4n) is 5.76. The Kier molecular flexibility index (Phi) is 7.62. The lowest BCUT2D eigenvalue weighted by molar-refractivity contribution is -0.137. The van der Waals surface area contributed by atoms with E-state index in [2.05, 4.69) is 36.8 Å². The van der Waals surface area contributed by atoms with Gasteiger partial charge in [0.2, 0.25) is 0 Å². The first-order valence-corrected chi connectivity index (χ1v) is 15.6. The SMILES string of the molecule is CC(C)(C)[Si](OCc1cc(C(F)(F)F)ccc1-c1cnc(C2(C#N)CCC2)cn1)(c1ccccc1)c1ccccc1. The van der Waals surface area contributed by atoms with Gasteiger partial charge in [0.1, 0.15) is 5.41 Å². The van der Waals surface area contributed by atoms with E-state index < -0.39 is 25.5 Å². The molecule has 8 heteroatoms. The van der Waals surface area contributed by atoms with Gasteiger partial charge >= 0.3 is 6.18 Å². The Morgan fingerprint density at radius 3 is 1.93 bits per heavy atom. The highest BCUT2D eigenvalue weighted by molar-refractivity contribution is 6.99. The summed E-state index contributed by atoms with van der Waals surface area (Å²) in [4.78, 5) is 9.10. The van der Waals surface area contributed by atoms with Crippen LogP contribution in [0, 0.1) is 11.3 Å². The molecule has 0 spiro atoms. The average Bonchev–Trinajstić information content (AvgIpc) is 2.93. The van der Waals surface area contributed by atoms with Gasteiger partial charge in [0.25, 0.3) is 8.32 Å². The summed E-state index contributed by atoms with van der Waals surface area (Å²) in [6, 6.07) is 26.0. The molecule has 1 fully saturated rings. The first-order chi connectivity index (χ1) is 19.5. The number of nitrogens with zero attached hydrogens (tertiary/aromatic N) is 3. The molecule has 1 saturated carbocycles. The molecular weight excluding hydrogens is 539 g/mol. The number of benzene rings is 3. The van der Waals surface area contributed by atoms with Crippen molar-refractivity contribution in [1.29, 1.82) is 5.26 Å². The molecule has 4 aromatic rings. The van der Waals surface area contributed by atoms with Crippen LogP contribution < -0.4 is 10.4 Å². The van der Waals surface area contributed by atoms with Crippen molar-refractivity contribution in [2.75, 3.05) is 0 Å². The Morgan fingerprint density at radius 2 is 1.49 bits per heavy atom. The maximum atomic E-state index is 13.9. The van der Waals surface area contributed by atoms with Crippen molar-refractivity contribution in [3.8, 4) is 17.3 Å². The second kappa shape index (κ2) is 10.9. The molecule has 0 unspecified atom stereocenters. The zero-order chi connectivity index (χ0) is 29.3. The largest absolute Gasteiger partial charge is 0.416 e. The fourth-order valence-corrected chi connectivity index (χ4v) is 10.3. The number of aromatic nitrogens is 2. The molecular formula is C33H32F3N3OSi. The van der Waals surface area contributed by atoms with Gasteiger partial charge in [0.15, 0.2) is 0 Å². The minimum atomic E-state index is -4.51. The van der Waals surface area contributed by atoms with Crippen molar-refractivity contribution >= 4 is 18.7 Å². The van der Waals surface area contributed by atoms with Gasteiger partial charge in [-0.3, -0.25) is 9.97 Å². The second-order valence-corrected chi connectivity index (χ2v) is 16.0. The molecule has 0 amide bonds. The average molecular weight is 572 g/mol. The third-order valence-corrected chi connectivity index (χ3v) is 13.1. The van der Waals surface area contributed by atoms with Crippen LogP contribution in [0.15, 0.2) is 91.3 Å². The monoisotopic (exact) mass is 571 g/mol. The number of halogens is 3. The smallest absolute Gasteiger partial charge is 0.403 e. The zero-order valence-corrected chi connectivity index (χ0v) is 24.4. The first kappa shape index (κ1) is 28.7. The summed E-state index contributed by atoms with van der Waals surface area (Å²) in [7, 11) is -3.01. The summed E-state index contributed by atoms with van der Waals surface area (Å²) in [5.74, 6) is 0. The van der Waals surface area contributed by atoms with Crippen LogP contribution in [0.4, 0.5) is 13.2 Å². The van der Waals surface area contributed by atoms with Crippen molar-refractivity contribution < 1.29 is 17.6 Å². The maximum absolute atomic E-state index is 13.9. The van der Waals surface area contributed by atoms with Gasteiger partial charge in [-0.05, 0) is 52.4 Å². The van der Waals surface area contributed by atoms with Crippen LogP contribution in [0.3, 0.4) is 0 Å². The predicted molar refractivity (Wildman–Crippen MR) is 156 cm³/mol. The van der Waals surface area contributed by atoms with E-state index in [0.29, 0.717) is 22.5 Å². The van der Waals surface area contributed by atoms with E-state index >= 15 is 0 Å². The molecule has 0 N–H and O–H groups in total. The minimum absolute atomic E-state index is 0.0436. The van der Waals surface area contributed by atoms with Crippen molar-refractivity contribution in [3.63, 3.8) is 0 Å². The molecule has 41 heavy (non-hydrogen) atoms. The van der Waals surface area contributed by atoms with Gasteiger partial charge in [0.05, 0.1) is 42.0 Å². The molecule has 0 bridgehead atoms. The summed E-state index contributed by atoms with van der Waals surface area (Å²) in [6.45, 7) is 6.34. The topological polar surface area (TPSA) is 58.8 Å². The third-order valence-electron chi connectivity index (χ3n) is 8.13. The molecule has 3 aromatic carbocycles. The molecule has 210 valence electrons. The normalized spacial score (nSPS) is 15.1. The number of nitriles is 1. The van der Waals surface area contributed by atoms with Crippen molar-refractivity contribution in [1.82, 2.24) is 9.97 Å². The van der Waals surface area contributed by atoms with Crippen molar-refractivity contribution in [2.24, 2.45) is 0 Å². The lowest BCUT2D eigenvalue weighted by Gasteiger charge is -2.43. The summed E-state index contributed by atoms with van der Waals surface area (Å²) in [5, 5.41) is 11.4. The molecule has 5 rings (SSSR count). The van der Waals surface area contributed by atoms with Crippen LogP contribution in [0.1, 0.15) is 56.9 Å². The first-order valence-electron chi connectivity index (χ1n) is 13.7. The lowest BCUT2D eigenvalue weighted by Crippen LogP contribution is -2.66. The van der Waals surface area contributed by atoms with Crippen molar-refractivity contribution in [2.45, 2.75) is 63.3 Å². The van der Waals surface area contributed by atoms with Gasteiger partial charge in [-0.25, -0.2) is 0 Å². The van der Waals surface area contributed by atoms with Crippen LogP contribution in [-0.4, -0.2) is 18.3 Å². The van der Waals surface area contributed by atoms with Crippen LogP contribution in [0.2, 0.25) is 5.04 Å². The van der Waals surface area contributed by atoms with Crippen molar-refractivity contribution in [3.05, 3.63) is 108 Å². The summed E-state index contributed by atoms with van der Waals surface area (Å²) in [5.41, 5.74) is 0.580. The van der Waals surface area contributed by atoms with E-state index in [1.54, 1.807) is 12.4 Å². The fraction of sp³-hybridized carbons (Fsp3) is 0.303. The summed E-state index contributed by atoms with van der Waals surface area (Å²) >= 11 is 0. The molecule has 0 atom stereocenters. The molecule has 1 aliphatic carbocycles. The van der Waals surface area contributed by atoms with E-state index in [-0.39, 0.29) is 11.6 Å². The molecule has 1 aliphatic rings. The highest BCUT2D eigenvalue weighted by atomic mass is 28.4. The number of hydrogen-bond acceptors (Lipinski definition) is 4. The number of rotatable bonds is 7. The van der Waals surface area contributed by atoms with E-state index in [1.165, 1.54) is 6.07 Å². The highest BCUT2D eigenvalue weighted by Crippen LogP contribution is 2.43. The van der Waals surface area contributed by atoms with Crippen LogP contribution in [-0.2, 0) is 22.6 Å². The van der Waals surface area contributed by atoms with Gasteiger partial charge in [-0.2, -0.15) is 18.4 Å². The van der Waals surface area contributed by atoms with Gasteiger partial charge < -0.3 is 4.43 Å². The summed E-state index contributed by atoms with van der Waals surface area (Å²) < 4.78 is 48.6. The minimum Gasteiger partial charge on any atom is -0.403 e. The van der Waals surface area contributed by atoms with Gasteiger partial charge in [-0.1, -0.05) is 87.5 Å². The predicted octanol–water partition coefficient (Wildman–Crippen LogP) is 7.18. The molecule has 4 nitrogen and oxygen atoms in total. The van der Waals surface area contributed by atoms with Crippen LogP contribution in [0.5, 0.6) is 0 Å². The van der Waals surface area contributed by atoms with Gasteiger partial charge in [0, 0.05) is 5.56 Å². The van der Waals surface area contributed by atoms with Gasteiger partial charge in [-0.15, -0.1) is 0 Å². The number of hydrogen-bond donors (Lipinski definition) is 0. The second-order valence-electron chi connectivity index (χ2n) is 11.7. The van der Waals surface area contributed by atoms with Crippen LogP contribution in [0.25, 0.3) is 11.3 Å². The maximum Gasteiger partial charge on any atom is 0.416 e. The van der Waals surface area contributed by atoms with Crippen LogP contribution >= 0.6 is 0 Å².